The Kier molecular flexibility index (Phi) is 5.21. The summed E-state index contributed by atoms with van der Waals surface area (Å²) < 4.78 is 0. The van der Waals surface area contributed by atoms with E-state index in [1.165, 1.54) is 12.1 Å². The molecule has 0 spiro atoms. The third-order valence-corrected chi connectivity index (χ3v) is 4.50. The van der Waals surface area contributed by atoms with Crippen LogP contribution in [0.4, 0.5) is 17.1 Å². The molecule has 0 saturated heterocycles. The Labute approximate surface area is 149 Å². The van der Waals surface area contributed by atoms with E-state index in [9.17, 15) is 20.2 Å². The molecule has 0 radical (unpaired) electrons. The molecule has 3 rings (SSSR count). The van der Waals surface area contributed by atoms with Crippen LogP contribution in [-0.2, 0) is 0 Å². The topological polar surface area (TPSA) is 111 Å². The Hall–Kier alpha value is -3.29. The molecule has 1 aliphatic carbocycles. The lowest BCUT2D eigenvalue weighted by atomic mass is 9.95. The first-order valence-electron chi connectivity index (χ1n) is 8.38. The van der Waals surface area contributed by atoms with Crippen LogP contribution in [-0.4, -0.2) is 15.6 Å². The van der Waals surface area contributed by atoms with E-state index in [0.717, 1.165) is 43.0 Å². The molecule has 1 N–H and O–H groups in total. The molecule has 1 fully saturated rings. The van der Waals surface area contributed by atoms with Crippen molar-refractivity contribution in [3.8, 4) is 0 Å². The van der Waals surface area contributed by atoms with E-state index in [1.807, 2.05) is 30.3 Å². The SMILES string of the molecule is O=[N+]([O-])c1ccc(NN=C(c2ccccc2)C2CCCC2)c([N+](=O)[O-])c1. The highest BCUT2D eigenvalue weighted by Crippen LogP contribution is 2.31. The van der Waals surface area contributed by atoms with Gasteiger partial charge in [-0.1, -0.05) is 43.2 Å². The minimum atomic E-state index is -0.659. The van der Waals surface area contributed by atoms with Crippen LogP contribution >= 0.6 is 0 Å². The van der Waals surface area contributed by atoms with Crippen molar-refractivity contribution in [1.82, 2.24) is 0 Å². The Bertz CT molecular complexity index is 846. The van der Waals surface area contributed by atoms with Gasteiger partial charge in [0.1, 0.15) is 5.69 Å². The normalized spacial score (nSPS) is 15.0. The first-order valence-corrected chi connectivity index (χ1v) is 8.38. The van der Waals surface area contributed by atoms with Gasteiger partial charge in [-0.3, -0.25) is 25.7 Å². The van der Waals surface area contributed by atoms with Gasteiger partial charge in [-0.15, -0.1) is 0 Å². The fraction of sp³-hybridized carbons (Fsp3) is 0.278. The molecule has 0 aliphatic heterocycles. The smallest absolute Gasteiger partial charge is 0.271 e. The molecule has 0 bridgehead atoms. The van der Waals surface area contributed by atoms with Crippen LogP contribution in [0, 0.1) is 26.1 Å². The summed E-state index contributed by atoms with van der Waals surface area (Å²) in [4.78, 5) is 20.8. The van der Waals surface area contributed by atoms with Crippen molar-refractivity contribution < 1.29 is 9.85 Å². The van der Waals surface area contributed by atoms with Gasteiger partial charge in [-0.25, -0.2) is 0 Å². The van der Waals surface area contributed by atoms with Gasteiger partial charge in [0.25, 0.3) is 5.69 Å². The Morgan fingerprint density at radius 2 is 1.69 bits per heavy atom. The van der Waals surface area contributed by atoms with Crippen molar-refractivity contribution in [2.24, 2.45) is 11.0 Å². The van der Waals surface area contributed by atoms with Gasteiger partial charge in [0, 0.05) is 12.0 Å². The maximum absolute atomic E-state index is 11.3. The minimum Gasteiger partial charge on any atom is -0.271 e. The van der Waals surface area contributed by atoms with Gasteiger partial charge >= 0.3 is 5.69 Å². The molecule has 2 aromatic rings. The number of nitrogens with zero attached hydrogens (tertiary/aromatic N) is 3. The number of nitro benzene ring substituents is 2. The van der Waals surface area contributed by atoms with Gasteiger partial charge in [0.15, 0.2) is 0 Å². The Morgan fingerprint density at radius 1 is 1.00 bits per heavy atom. The van der Waals surface area contributed by atoms with Crippen molar-refractivity contribution >= 4 is 22.8 Å². The average Bonchev–Trinajstić information content (AvgIpc) is 3.17. The van der Waals surface area contributed by atoms with Crippen LogP contribution in [0.15, 0.2) is 53.6 Å². The summed E-state index contributed by atoms with van der Waals surface area (Å²) in [5.74, 6) is 0.294. The number of non-ortho nitro benzene ring substituents is 1. The van der Waals surface area contributed by atoms with Crippen LogP contribution in [0.1, 0.15) is 31.2 Å². The van der Waals surface area contributed by atoms with Crippen molar-refractivity contribution in [3.05, 3.63) is 74.3 Å². The Morgan fingerprint density at radius 3 is 2.31 bits per heavy atom. The summed E-state index contributed by atoms with van der Waals surface area (Å²) in [7, 11) is 0. The highest BCUT2D eigenvalue weighted by atomic mass is 16.6. The summed E-state index contributed by atoms with van der Waals surface area (Å²) in [6.07, 6.45) is 4.32. The quantitative estimate of drug-likeness (QED) is 0.466. The van der Waals surface area contributed by atoms with Crippen LogP contribution in [0.2, 0.25) is 0 Å². The van der Waals surface area contributed by atoms with Crippen molar-refractivity contribution in [3.63, 3.8) is 0 Å². The second-order valence-corrected chi connectivity index (χ2v) is 6.17. The highest BCUT2D eigenvalue weighted by molar-refractivity contribution is 6.02. The third-order valence-electron chi connectivity index (χ3n) is 4.50. The number of hydrogen-bond donors (Lipinski definition) is 1. The molecule has 0 heterocycles. The lowest BCUT2D eigenvalue weighted by Crippen LogP contribution is -2.15. The number of hydrazone groups is 1. The fourth-order valence-corrected chi connectivity index (χ4v) is 3.20. The van der Waals surface area contributed by atoms with Crippen LogP contribution in [0.25, 0.3) is 0 Å². The number of benzene rings is 2. The first-order chi connectivity index (χ1) is 12.6. The number of hydrogen-bond acceptors (Lipinski definition) is 6. The second kappa shape index (κ2) is 7.73. The number of nitro groups is 2. The van der Waals surface area contributed by atoms with Gasteiger partial charge < -0.3 is 0 Å². The molecule has 26 heavy (non-hydrogen) atoms. The van der Waals surface area contributed by atoms with Crippen LogP contribution < -0.4 is 5.43 Å². The summed E-state index contributed by atoms with van der Waals surface area (Å²) in [6, 6.07) is 13.2. The van der Waals surface area contributed by atoms with E-state index in [1.54, 1.807) is 0 Å². The molecule has 0 amide bonds. The zero-order valence-electron chi connectivity index (χ0n) is 14.0. The largest absolute Gasteiger partial charge is 0.301 e. The lowest BCUT2D eigenvalue weighted by Gasteiger charge is -2.14. The van der Waals surface area contributed by atoms with Gasteiger partial charge in [-0.2, -0.15) is 5.10 Å². The van der Waals surface area contributed by atoms with Crippen LogP contribution in [0.5, 0.6) is 0 Å². The maximum atomic E-state index is 11.3. The molecule has 8 nitrogen and oxygen atoms in total. The maximum Gasteiger partial charge on any atom is 0.301 e. The van der Waals surface area contributed by atoms with Gasteiger partial charge in [0.2, 0.25) is 0 Å². The summed E-state index contributed by atoms with van der Waals surface area (Å²) >= 11 is 0. The van der Waals surface area contributed by atoms with Crippen molar-refractivity contribution in [2.75, 3.05) is 5.43 Å². The van der Waals surface area contributed by atoms with Crippen molar-refractivity contribution in [1.29, 1.82) is 0 Å². The molecular weight excluding hydrogens is 336 g/mol. The molecule has 0 aromatic heterocycles. The summed E-state index contributed by atoms with van der Waals surface area (Å²) in [5, 5.41) is 26.6. The third kappa shape index (κ3) is 3.85. The van der Waals surface area contributed by atoms with E-state index in [4.69, 9.17) is 0 Å². The monoisotopic (exact) mass is 354 g/mol. The highest BCUT2D eigenvalue weighted by Gasteiger charge is 2.23. The van der Waals surface area contributed by atoms with E-state index < -0.39 is 9.85 Å². The lowest BCUT2D eigenvalue weighted by molar-refractivity contribution is -0.393. The van der Waals surface area contributed by atoms with Gasteiger partial charge in [0.05, 0.1) is 21.6 Å². The molecule has 8 heteroatoms. The van der Waals surface area contributed by atoms with E-state index in [2.05, 4.69) is 10.5 Å². The number of nitrogens with one attached hydrogen (secondary N) is 1. The average molecular weight is 354 g/mol. The summed E-state index contributed by atoms with van der Waals surface area (Å²) in [5.41, 5.74) is 4.02. The minimum absolute atomic E-state index is 0.132. The predicted molar refractivity (Wildman–Crippen MR) is 98.3 cm³/mol. The molecule has 1 saturated carbocycles. The molecular formula is C18H18N4O4. The molecule has 134 valence electrons. The zero-order valence-corrected chi connectivity index (χ0v) is 14.0. The Balaban J connectivity index is 1.94. The summed E-state index contributed by atoms with van der Waals surface area (Å²) in [6.45, 7) is 0. The standard InChI is InChI=1S/C18H18N4O4/c23-21(24)15-10-11-16(17(12-15)22(25)26)19-20-18(14-8-4-5-9-14)13-6-2-1-3-7-13/h1-3,6-7,10-12,14,19H,4-5,8-9H2. The van der Waals surface area contributed by atoms with E-state index in [-0.39, 0.29) is 17.1 Å². The predicted octanol–water partition coefficient (Wildman–Crippen LogP) is 4.51. The fourth-order valence-electron chi connectivity index (χ4n) is 3.20. The first kappa shape index (κ1) is 17.5. The van der Waals surface area contributed by atoms with E-state index >= 15 is 0 Å². The van der Waals surface area contributed by atoms with E-state index in [0.29, 0.717) is 5.92 Å². The van der Waals surface area contributed by atoms with Crippen molar-refractivity contribution in [2.45, 2.75) is 25.7 Å². The van der Waals surface area contributed by atoms with Gasteiger partial charge in [-0.05, 0) is 24.5 Å². The number of rotatable bonds is 6. The van der Waals surface area contributed by atoms with Crippen LogP contribution in [0.3, 0.4) is 0 Å². The molecule has 1 aliphatic rings. The molecule has 2 aromatic carbocycles. The molecule has 0 unspecified atom stereocenters. The zero-order chi connectivity index (χ0) is 18.5. The second-order valence-electron chi connectivity index (χ2n) is 6.17. The number of anilines is 1. The molecule has 0 atom stereocenters.